The second-order valence-corrected chi connectivity index (χ2v) is 4.22. The van der Waals surface area contributed by atoms with Gasteiger partial charge in [0.05, 0.1) is 5.69 Å². The van der Waals surface area contributed by atoms with Gasteiger partial charge >= 0.3 is 0 Å². The van der Waals surface area contributed by atoms with Crippen LogP contribution in [0.25, 0.3) is 0 Å². The van der Waals surface area contributed by atoms with Gasteiger partial charge in [-0.1, -0.05) is 12.1 Å². The first-order valence-electron chi connectivity index (χ1n) is 5.63. The Morgan fingerprint density at radius 1 is 1.65 bits per heavy atom. The van der Waals surface area contributed by atoms with Crippen LogP contribution >= 0.6 is 12.4 Å². The van der Waals surface area contributed by atoms with Crippen LogP contribution in [0, 0.1) is 6.92 Å². The molecular formula is C11H18ClN3O2. The first-order chi connectivity index (χ1) is 7.63. The van der Waals surface area contributed by atoms with Crippen molar-refractivity contribution < 1.29 is 9.32 Å². The highest BCUT2D eigenvalue weighted by Gasteiger charge is 2.29. The van der Waals surface area contributed by atoms with Crippen molar-refractivity contribution in [2.45, 2.75) is 32.7 Å². The fourth-order valence-corrected chi connectivity index (χ4v) is 2.06. The standard InChI is InChI=1S/C11H17N3O2.ClH/c1-3-9-10(7(2)13-16-9)11(15)14-5-4-8(12)6-14;/h8H,3-6,12H2,1-2H3;1H. The molecule has 2 rings (SSSR count). The quantitative estimate of drug-likeness (QED) is 0.865. The van der Waals surface area contributed by atoms with Crippen LogP contribution in [0.3, 0.4) is 0 Å². The van der Waals surface area contributed by atoms with E-state index in [4.69, 9.17) is 10.3 Å². The van der Waals surface area contributed by atoms with E-state index in [-0.39, 0.29) is 24.4 Å². The topological polar surface area (TPSA) is 72.4 Å². The van der Waals surface area contributed by atoms with E-state index in [2.05, 4.69) is 5.16 Å². The maximum absolute atomic E-state index is 12.2. The van der Waals surface area contributed by atoms with Gasteiger partial charge in [0.2, 0.25) is 0 Å². The Bertz CT molecular complexity index is 405. The predicted molar refractivity (Wildman–Crippen MR) is 66.4 cm³/mol. The number of nitrogens with two attached hydrogens (primary N) is 1. The number of aryl methyl sites for hydroxylation is 2. The van der Waals surface area contributed by atoms with Gasteiger partial charge in [0, 0.05) is 25.6 Å². The molecule has 96 valence electrons. The molecule has 1 atom stereocenters. The summed E-state index contributed by atoms with van der Waals surface area (Å²) in [5, 5.41) is 3.85. The van der Waals surface area contributed by atoms with Gasteiger partial charge in [0.1, 0.15) is 11.3 Å². The van der Waals surface area contributed by atoms with Crippen molar-refractivity contribution in [3.8, 4) is 0 Å². The number of carbonyl (C=O) groups is 1. The lowest BCUT2D eigenvalue weighted by Gasteiger charge is -2.15. The maximum atomic E-state index is 12.2. The molecule has 1 aromatic rings. The van der Waals surface area contributed by atoms with E-state index in [1.54, 1.807) is 11.8 Å². The van der Waals surface area contributed by atoms with Gasteiger partial charge < -0.3 is 15.2 Å². The fraction of sp³-hybridized carbons (Fsp3) is 0.636. The van der Waals surface area contributed by atoms with E-state index >= 15 is 0 Å². The molecule has 0 saturated carbocycles. The Kier molecular flexibility index (Phi) is 4.54. The molecule has 2 heterocycles. The second-order valence-electron chi connectivity index (χ2n) is 4.22. The Morgan fingerprint density at radius 3 is 2.88 bits per heavy atom. The highest BCUT2D eigenvalue weighted by atomic mass is 35.5. The summed E-state index contributed by atoms with van der Waals surface area (Å²) >= 11 is 0. The lowest BCUT2D eigenvalue weighted by atomic mass is 10.1. The number of amides is 1. The van der Waals surface area contributed by atoms with Crippen molar-refractivity contribution in [1.29, 1.82) is 0 Å². The molecule has 1 unspecified atom stereocenters. The Balaban J connectivity index is 0.00000144. The third kappa shape index (κ3) is 2.61. The molecule has 0 aliphatic carbocycles. The fourth-order valence-electron chi connectivity index (χ4n) is 2.06. The molecule has 1 aliphatic heterocycles. The van der Waals surface area contributed by atoms with Gasteiger partial charge in [0.25, 0.3) is 5.91 Å². The number of halogens is 1. The third-order valence-corrected chi connectivity index (χ3v) is 2.98. The van der Waals surface area contributed by atoms with Crippen LogP contribution in [0.1, 0.15) is 35.2 Å². The number of hydrogen-bond acceptors (Lipinski definition) is 4. The number of likely N-dealkylation sites (tertiary alicyclic amines) is 1. The summed E-state index contributed by atoms with van der Waals surface area (Å²) in [5.74, 6) is 0.673. The molecule has 0 radical (unpaired) electrons. The summed E-state index contributed by atoms with van der Waals surface area (Å²) in [6.45, 7) is 5.11. The average molecular weight is 260 g/mol. The second kappa shape index (κ2) is 5.51. The molecule has 1 amide bonds. The summed E-state index contributed by atoms with van der Waals surface area (Å²) in [4.78, 5) is 14.0. The largest absolute Gasteiger partial charge is 0.360 e. The highest BCUT2D eigenvalue weighted by Crippen LogP contribution is 2.19. The zero-order chi connectivity index (χ0) is 11.7. The normalized spacial score (nSPS) is 19.2. The van der Waals surface area contributed by atoms with Crippen LogP contribution in [-0.4, -0.2) is 35.1 Å². The van der Waals surface area contributed by atoms with Crippen molar-refractivity contribution in [1.82, 2.24) is 10.1 Å². The molecular weight excluding hydrogens is 242 g/mol. The van der Waals surface area contributed by atoms with Crippen molar-refractivity contribution in [2.24, 2.45) is 5.73 Å². The Morgan fingerprint density at radius 2 is 2.35 bits per heavy atom. The van der Waals surface area contributed by atoms with E-state index in [1.807, 2.05) is 6.92 Å². The molecule has 1 saturated heterocycles. The first kappa shape index (κ1) is 14.0. The number of aromatic nitrogens is 1. The van der Waals surface area contributed by atoms with Crippen molar-refractivity contribution in [3.05, 3.63) is 17.0 Å². The third-order valence-electron chi connectivity index (χ3n) is 2.98. The minimum atomic E-state index is 0. The summed E-state index contributed by atoms with van der Waals surface area (Å²) in [6, 6.07) is 0.106. The molecule has 0 aromatic carbocycles. The number of nitrogens with zero attached hydrogens (tertiary/aromatic N) is 2. The maximum Gasteiger partial charge on any atom is 0.259 e. The van der Waals surface area contributed by atoms with Crippen LogP contribution < -0.4 is 5.73 Å². The SMILES string of the molecule is CCc1onc(C)c1C(=O)N1CCC(N)C1.Cl. The lowest BCUT2D eigenvalue weighted by Crippen LogP contribution is -2.32. The molecule has 6 heteroatoms. The zero-order valence-electron chi connectivity index (χ0n) is 10.1. The monoisotopic (exact) mass is 259 g/mol. The molecule has 1 aromatic heterocycles. The summed E-state index contributed by atoms with van der Waals surface area (Å²) in [7, 11) is 0. The summed E-state index contributed by atoms with van der Waals surface area (Å²) in [5.41, 5.74) is 7.08. The van der Waals surface area contributed by atoms with Crippen molar-refractivity contribution in [3.63, 3.8) is 0 Å². The van der Waals surface area contributed by atoms with Crippen LogP contribution in [0.4, 0.5) is 0 Å². The summed E-state index contributed by atoms with van der Waals surface area (Å²) in [6.07, 6.45) is 1.55. The van der Waals surface area contributed by atoms with Crippen molar-refractivity contribution >= 4 is 18.3 Å². The molecule has 5 nitrogen and oxygen atoms in total. The van der Waals surface area contributed by atoms with Crippen LogP contribution in [0.5, 0.6) is 0 Å². The molecule has 1 fully saturated rings. The zero-order valence-corrected chi connectivity index (χ0v) is 10.9. The van der Waals surface area contributed by atoms with Gasteiger partial charge in [-0.2, -0.15) is 0 Å². The van der Waals surface area contributed by atoms with E-state index in [0.29, 0.717) is 30.0 Å². The van der Waals surface area contributed by atoms with Gasteiger partial charge in [-0.3, -0.25) is 4.79 Å². The molecule has 0 bridgehead atoms. The van der Waals surface area contributed by atoms with Gasteiger partial charge in [0.15, 0.2) is 0 Å². The molecule has 2 N–H and O–H groups in total. The Labute approximate surface area is 107 Å². The first-order valence-corrected chi connectivity index (χ1v) is 5.63. The number of hydrogen-bond donors (Lipinski definition) is 1. The van der Waals surface area contributed by atoms with Crippen LogP contribution in [-0.2, 0) is 6.42 Å². The number of rotatable bonds is 2. The van der Waals surface area contributed by atoms with Gasteiger partial charge in [-0.05, 0) is 13.3 Å². The van der Waals surface area contributed by atoms with Crippen LogP contribution in [0.2, 0.25) is 0 Å². The molecule has 0 spiro atoms. The highest BCUT2D eigenvalue weighted by molar-refractivity contribution is 5.96. The van der Waals surface area contributed by atoms with E-state index in [1.165, 1.54) is 0 Å². The average Bonchev–Trinajstić information content (AvgIpc) is 2.83. The van der Waals surface area contributed by atoms with Crippen molar-refractivity contribution in [2.75, 3.05) is 13.1 Å². The number of carbonyl (C=O) groups excluding carboxylic acids is 1. The minimum Gasteiger partial charge on any atom is -0.360 e. The summed E-state index contributed by atoms with van der Waals surface area (Å²) < 4.78 is 5.12. The minimum absolute atomic E-state index is 0. The van der Waals surface area contributed by atoms with Gasteiger partial charge in [-0.25, -0.2) is 0 Å². The lowest BCUT2D eigenvalue weighted by molar-refractivity contribution is 0.0788. The Hall–Kier alpha value is -1.07. The molecule has 1 aliphatic rings. The van der Waals surface area contributed by atoms with E-state index < -0.39 is 0 Å². The van der Waals surface area contributed by atoms with Crippen LogP contribution in [0.15, 0.2) is 4.52 Å². The van der Waals surface area contributed by atoms with E-state index in [0.717, 1.165) is 13.0 Å². The van der Waals surface area contributed by atoms with E-state index in [9.17, 15) is 4.79 Å². The van der Waals surface area contributed by atoms with Gasteiger partial charge in [-0.15, -0.1) is 12.4 Å². The molecule has 17 heavy (non-hydrogen) atoms. The predicted octanol–water partition coefficient (Wildman–Crippen LogP) is 1.14. The smallest absolute Gasteiger partial charge is 0.259 e.